The number of benzene rings is 2. The van der Waals surface area contributed by atoms with Crippen molar-refractivity contribution in [2.45, 2.75) is 25.2 Å². The zero-order valence-electron chi connectivity index (χ0n) is 14.4. The van der Waals surface area contributed by atoms with Gasteiger partial charge in [0.05, 0.1) is 17.3 Å². The zero-order valence-corrected chi connectivity index (χ0v) is 14.4. The third kappa shape index (κ3) is 3.42. The molecule has 1 amide bonds. The number of para-hydroxylation sites is 1. The molecule has 0 saturated carbocycles. The van der Waals surface area contributed by atoms with Gasteiger partial charge in [-0.05, 0) is 47.7 Å². The third-order valence-corrected chi connectivity index (χ3v) is 4.88. The topological polar surface area (TPSA) is 48.1 Å². The molecule has 27 heavy (non-hydrogen) atoms. The Balaban J connectivity index is 1.47. The maximum absolute atomic E-state index is 13.2. The van der Waals surface area contributed by atoms with E-state index in [4.69, 9.17) is 0 Å². The number of fused-ring (bicyclic) bond motifs is 1. The Hall–Kier alpha value is -2.80. The van der Waals surface area contributed by atoms with Gasteiger partial charge < -0.3 is 15.2 Å². The number of alkyl halides is 3. The predicted molar refractivity (Wildman–Crippen MR) is 97.3 cm³/mol. The summed E-state index contributed by atoms with van der Waals surface area (Å²) in [6, 6.07) is 12.6. The van der Waals surface area contributed by atoms with Crippen molar-refractivity contribution >= 4 is 22.5 Å². The number of aromatic nitrogens is 1. The van der Waals surface area contributed by atoms with Crippen molar-refractivity contribution in [2.24, 2.45) is 0 Å². The number of halogens is 3. The molecule has 140 valence electrons. The molecule has 0 spiro atoms. The number of rotatable bonds is 4. The van der Waals surface area contributed by atoms with Crippen LogP contribution in [-0.2, 0) is 17.5 Å². The van der Waals surface area contributed by atoms with Gasteiger partial charge in [-0.15, -0.1) is 0 Å². The monoisotopic (exact) mass is 373 g/mol. The molecular weight excluding hydrogens is 355 g/mol. The molecule has 1 aromatic heterocycles. The van der Waals surface area contributed by atoms with Crippen LogP contribution in [0, 0.1) is 0 Å². The molecule has 4 nitrogen and oxygen atoms in total. The summed E-state index contributed by atoms with van der Waals surface area (Å²) in [6.45, 7) is 0.743. The predicted octanol–water partition coefficient (Wildman–Crippen LogP) is 4.08. The second kappa shape index (κ2) is 6.74. The highest BCUT2D eigenvalue weighted by Crippen LogP contribution is 2.37. The number of anilines is 1. The molecule has 1 saturated heterocycles. The van der Waals surface area contributed by atoms with Crippen molar-refractivity contribution in [3.8, 4) is 0 Å². The highest BCUT2D eigenvalue weighted by Gasteiger charge is 2.39. The second-order valence-corrected chi connectivity index (χ2v) is 6.63. The number of H-pyrrole nitrogens is 1. The lowest BCUT2D eigenvalue weighted by Crippen LogP contribution is -2.38. The quantitative estimate of drug-likeness (QED) is 0.724. The van der Waals surface area contributed by atoms with E-state index in [1.165, 1.54) is 23.1 Å². The third-order valence-electron chi connectivity index (χ3n) is 4.88. The van der Waals surface area contributed by atoms with Crippen molar-refractivity contribution in [3.63, 3.8) is 0 Å². The molecule has 0 aliphatic carbocycles. The number of carbonyl (C=O) groups excluding carboxylic acids is 1. The minimum Gasteiger partial charge on any atom is -0.361 e. The van der Waals surface area contributed by atoms with Crippen LogP contribution in [0.2, 0.25) is 0 Å². The molecule has 0 unspecified atom stereocenters. The van der Waals surface area contributed by atoms with E-state index in [0.717, 1.165) is 22.5 Å². The molecule has 7 heteroatoms. The van der Waals surface area contributed by atoms with E-state index >= 15 is 0 Å². The van der Waals surface area contributed by atoms with Gasteiger partial charge in [-0.25, -0.2) is 0 Å². The first-order chi connectivity index (χ1) is 12.9. The van der Waals surface area contributed by atoms with Crippen LogP contribution < -0.4 is 10.2 Å². The van der Waals surface area contributed by atoms with Gasteiger partial charge in [-0.1, -0.05) is 18.2 Å². The molecule has 1 fully saturated rings. The highest BCUT2D eigenvalue weighted by atomic mass is 19.4. The molecule has 0 radical (unpaired) electrons. The Morgan fingerprint density at radius 2 is 1.96 bits per heavy atom. The Morgan fingerprint density at radius 3 is 2.78 bits per heavy atom. The van der Waals surface area contributed by atoms with Crippen molar-refractivity contribution < 1.29 is 18.0 Å². The second-order valence-electron chi connectivity index (χ2n) is 6.63. The Kier molecular flexibility index (Phi) is 4.39. The lowest BCUT2D eigenvalue weighted by molar-refractivity contribution is -0.137. The fraction of sp³-hybridized carbons (Fsp3) is 0.250. The smallest absolute Gasteiger partial charge is 0.361 e. The maximum Gasteiger partial charge on any atom is 0.418 e. The van der Waals surface area contributed by atoms with E-state index in [0.29, 0.717) is 13.0 Å². The summed E-state index contributed by atoms with van der Waals surface area (Å²) in [6.07, 6.45) is -2.16. The molecule has 2 heterocycles. The van der Waals surface area contributed by atoms with Gasteiger partial charge in [-0.3, -0.25) is 4.79 Å². The normalized spacial score (nSPS) is 17.8. The van der Waals surface area contributed by atoms with Crippen LogP contribution in [-0.4, -0.2) is 23.5 Å². The average molecular weight is 373 g/mol. The fourth-order valence-corrected chi connectivity index (χ4v) is 3.51. The minimum atomic E-state index is -4.49. The first-order valence-corrected chi connectivity index (χ1v) is 8.70. The molecule has 1 aliphatic heterocycles. The van der Waals surface area contributed by atoms with Gasteiger partial charge in [0.15, 0.2) is 0 Å². The summed E-state index contributed by atoms with van der Waals surface area (Å²) in [7, 11) is 0. The number of nitrogens with one attached hydrogen (secondary N) is 2. The van der Waals surface area contributed by atoms with Crippen LogP contribution in [0.3, 0.4) is 0 Å². The van der Waals surface area contributed by atoms with E-state index < -0.39 is 17.8 Å². The Bertz CT molecular complexity index is 980. The van der Waals surface area contributed by atoms with Gasteiger partial charge in [-0.2, -0.15) is 13.2 Å². The van der Waals surface area contributed by atoms with Crippen LogP contribution >= 0.6 is 0 Å². The van der Waals surface area contributed by atoms with Gasteiger partial charge in [0, 0.05) is 24.8 Å². The first-order valence-electron chi connectivity index (χ1n) is 8.70. The van der Waals surface area contributed by atoms with Crippen LogP contribution in [0.15, 0.2) is 54.7 Å². The van der Waals surface area contributed by atoms with E-state index in [9.17, 15) is 18.0 Å². The summed E-state index contributed by atoms with van der Waals surface area (Å²) in [4.78, 5) is 17.0. The van der Waals surface area contributed by atoms with E-state index in [1.54, 1.807) is 0 Å². The van der Waals surface area contributed by atoms with Crippen molar-refractivity contribution in [2.75, 3.05) is 11.4 Å². The van der Waals surface area contributed by atoms with Crippen LogP contribution in [0.5, 0.6) is 0 Å². The molecular formula is C20H18F3N3O. The van der Waals surface area contributed by atoms with Gasteiger partial charge in [0.1, 0.15) is 0 Å². The van der Waals surface area contributed by atoms with Crippen molar-refractivity contribution in [1.82, 2.24) is 10.3 Å². The van der Waals surface area contributed by atoms with E-state index in [-0.39, 0.29) is 18.1 Å². The zero-order chi connectivity index (χ0) is 19.0. The van der Waals surface area contributed by atoms with Gasteiger partial charge in [0.2, 0.25) is 5.91 Å². The number of amides is 1. The lowest BCUT2D eigenvalue weighted by atomic mass is 10.1. The van der Waals surface area contributed by atoms with Crippen LogP contribution in [0.25, 0.3) is 10.9 Å². The summed E-state index contributed by atoms with van der Waals surface area (Å²) in [5.74, 6) is -0.325. The highest BCUT2D eigenvalue weighted by molar-refractivity contribution is 6.00. The minimum absolute atomic E-state index is 0.0759. The Labute approximate surface area is 154 Å². The lowest BCUT2D eigenvalue weighted by Gasteiger charge is -2.21. The number of hydrogen-bond donors (Lipinski definition) is 2. The number of hydrogen-bond acceptors (Lipinski definition) is 2. The molecule has 0 bridgehead atoms. The summed E-state index contributed by atoms with van der Waals surface area (Å²) >= 11 is 0. The summed E-state index contributed by atoms with van der Waals surface area (Å²) in [5.41, 5.74) is 1.19. The number of carbonyl (C=O) groups is 1. The standard InChI is InChI=1S/C20H18F3N3O/c21-20(22,23)15-3-1-2-4-18(15)26-10-8-17(19(26)27)25-12-13-5-6-16-14(11-13)7-9-24-16/h1-7,9,11,17,24-25H,8,10,12H2/t17-/m0/s1. The SMILES string of the molecule is O=C1[C@@H](NCc2ccc3[nH]ccc3c2)CCN1c1ccccc1C(F)(F)F. The first kappa shape index (κ1) is 17.6. The molecule has 1 aliphatic rings. The molecule has 3 aromatic rings. The van der Waals surface area contributed by atoms with E-state index in [2.05, 4.69) is 10.3 Å². The van der Waals surface area contributed by atoms with E-state index in [1.807, 2.05) is 30.5 Å². The molecule has 4 rings (SSSR count). The van der Waals surface area contributed by atoms with Crippen molar-refractivity contribution in [3.05, 3.63) is 65.9 Å². The summed E-state index contributed by atoms with van der Waals surface area (Å²) in [5, 5.41) is 4.26. The number of aromatic amines is 1. The van der Waals surface area contributed by atoms with Crippen LogP contribution in [0.4, 0.5) is 18.9 Å². The summed E-state index contributed by atoms with van der Waals surface area (Å²) < 4.78 is 39.7. The van der Waals surface area contributed by atoms with Gasteiger partial charge >= 0.3 is 6.18 Å². The largest absolute Gasteiger partial charge is 0.418 e. The van der Waals surface area contributed by atoms with Gasteiger partial charge in [0.25, 0.3) is 0 Å². The fourth-order valence-electron chi connectivity index (χ4n) is 3.51. The average Bonchev–Trinajstić information content (AvgIpc) is 3.25. The molecule has 1 atom stereocenters. The Morgan fingerprint density at radius 1 is 1.15 bits per heavy atom. The van der Waals surface area contributed by atoms with Crippen LogP contribution in [0.1, 0.15) is 17.5 Å². The number of nitrogens with zero attached hydrogens (tertiary/aromatic N) is 1. The molecule has 2 aromatic carbocycles. The maximum atomic E-state index is 13.2. The molecule has 2 N–H and O–H groups in total. The van der Waals surface area contributed by atoms with Crippen molar-refractivity contribution in [1.29, 1.82) is 0 Å².